The molecule has 3 nitrogen and oxygen atoms in total. The fourth-order valence-corrected chi connectivity index (χ4v) is 3.37. The fourth-order valence-electron chi connectivity index (χ4n) is 2.74. The Morgan fingerprint density at radius 1 is 1.47 bits per heavy atom. The summed E-state index contributed by atoms with van der Waals surface area (Å²) in [7, 11) is 0. The van der Waals surface area contributed by atoms with Crippen molar-refractivity contribution >= 4 is 17.2 Å². The highest BCUT2D eigenvalue weighted by atomic mass is 32.1. The Morgan fingerprint density at radius 3 is 3.05 bits per heavy atom. The van der Waals surface area contributed by atoms with E-state index in [1.54, 1.807) is 6.26 Å². The Labute approximate surface area is 116 Å². The molecule has 1 aliphatic rings. The maximum atomic E-state index is 12.2. The predicted molar refractivity (Wildman–Crippen MR) is 75.3 cm³/mol. The Bertz CT molecular complexity index is 583. The second-order valence-corrected chi connectivity index (χ2v) is 6.80. The smallest absolute Gasteiger partial charge is 0.261 e. The lowest BCUT2D eigenvalue weighted by Gasteiger charge is -2.34. The number of amides is 1. The summed E-state index contributed by atoms with van der Waals surface area (Å²) >= 11 is 1.47. The highest BCUT2D eigenvalue weighted by Crippen LogP contribution is 2.41. The molecular formula is C15H17NO2S. The third-order valence-electron chi connectivity index (χ3n) is 3.60. The molecule has 0 unspecified atom stereocenters. The highest BCUT2D eigenvalue weighted by Gasteiger charge is 2.35. The first-order valence-corrected chi connectivity index (χ1v) is 7.34. The van der Waals surface area contributed by atoms with Crippen molar-refractivity contribution in [1.29, 1.82) is 0 Å². The first kappa shape index (κ1) is 12.5. The van der Waals surface area contributed by atoms with Crippen molar-refractivity contribution in [2.24, 2.45) is 5.41 Å². The van der Waals surface area contributed by atoms with Gasteiger partial charge in [-0.3, -0.25) is 4.79 Å². The Morgan fingerprint density at radius 2 is 2.32 bits per heavy atom. The molecule has 0 bridgehead atoms. The topological polar surface area (TPSA) is 42.2 Å². The number of carbonyl (C=O) groups is 1. The number of rotatable bonds is 2. The third kappa shape index (κ3) is 2.45. The average molecular weight is 275 g/mol. The molecule has 19 heavy (non-hydrogen) atoms. The van der Waals surface area contributed by atoms with Crippen molar-refractivity contribution < 1.29 is 9.21 Å². The number of carbonyl (C=O) groups excluding carboxylic acids is 1. The van der Waals surface area contributed by atoms with E-state index in [-0.39, 0.29) is 17.4 Å². The van der Waals surface area contributed by atoms with Crippen LogP contribution in [0.2, 0.25) is 0 Å². The highest BCUT2D eigenvalue weighted by molar-refractivity contribution is 7.12. The molecule has 1 N–H and O–H groups in total. The molecule has 2 aromatic rings. The molecule has 100 valence electrons. The quantitative estimate of drug-likeness (QED) is 0.906. The van der Waals surface area contributed by atoms with Gasteiger partial charge in [-0.05, 0) is 29.3 Å². The van der Waals surface area contributed by atoms with E-state index < -0.39 is 0 Å². The van der Waals surface area contributed by atoms with Gasteiger partial charge in [-0.15, -0.1) is 11.3 Å². The maximum Gasteiger partial charge on any atom is 0.261 e. The second kappa shape index (κ2) is 4.53. The van der Waals surface area contributed by atoms with Crippen LogP contribution >= 0.6 is 11.3 Å². The third-order valence-corrected chi connectivity index (χ3v) is 4.47. The zero-order valence-corrected chi connectivity index (χ0v) is 11.9. The summed E-state index contributed by atoms with van der Waals surface area (Å²) in [5.74, 6) is 1.01. The lowest BCUT2D eigenvalue weighted by atomic mass is 9.75. The van der Waals surface area contributed by atoms with Crippen LogP contribution in [0.3, 0.4) is 0 Å². The van der Waals surface area contributed by atoms with E-state index in [0.717, 1.165) is 29.0 Å². The first-order valence-electron chi connectivity index (χ1n) is 6.46. The molecule has 1 atom stereocenters. The largest absolute Gasteiger partial charge is 0.469 e. The SMILES string of the molecule is CC1(C)Cc2occc2[C@H](NC(=O)c2cccs2)C1. The lowest BCUT2D eigenvalue weighted by molar-refractivity contribution is 0.0921. The fraction of sp³-hybridized carbons (Fsp3) is 0.400. The van der Waals surface area contributed by atoms with Crippen LogP contribution in [0.15, 0.2) is 34.3 Å². The molecule has 0 radical (unpaired) electrons. The molecule has 0 fully saturated rings. The summed E-state index contributed by atoms with van der Waals surface area (Å²) in [4.78, 5) is 12.9. The molecule has 0 saturated heterocycles. The van der Waals surface area contributed by atoms with Crippen molar-refractivity contribution in [3.63, 3.8) is 0 Å². The molecular weight excluding hydrogens is 258 g/mol. The average Bonchev–Trinajstić information content (AvgIpc) is 2.96. The molecule has 0 aromatic carbocycles. The first-order chi connectivity index (χ1) is 9.05. The monoisotopic (exact) mass is 275 g/mol. The van der Waals surface area contributed by atoms with E-state index in [1.165, 1.54) is 11.3 Å². The van der Waals surface area contributed by atoms with Gasteiger partial charge >= 0.3 is 0 Å². The number of thiophene rings is 1. The minimum absolute atomic E-state index is 0.00449. The van der Waals surface area contributed by atoms with Gasteiger partial charge in [0.15, 0.2) is 0 Å². The second-order valence-electron chi connectivity index (χ2n) is 5.85. The summed E-state index contributed by atoms with van der Waals surface area (Å²) in [6, 6.07) is 5.77. The molecule has 2 heterocycles. The van der Waals surface area contributed by atoms with Gasteiger partial charge < -0.3 is 9.73 Å². The molecule has 0 aliphatic heterocycles. The summed E-state index contributed by atoms with van der Waals surface area (Å²) in [5, 5.41) is 5.05. The zero-order chi connectivity index (χ0) is 13.5. The van der Waals surface area contributed by atoms with Crippen molar-refractivity contribution in [2.75, 3.05) is 0 Å². The van der Waals surface area contributed by atoms with Gasteiger partial charge in [-0.25, -0.2) is 0 Å². The van der Waals surface area contributed by atoms with Gasteiger partial charge in [-0.2, -0.15) is 0 Å². The maximum absolute atomic E-state index is 12.2. The molecule has 0 saturated carbocycles. The molecule has 0 spiro atoms. The normalized spacial score (nSPS) is 20.8. The van der Waals surface area contributed by atoms with E-state index in [4.69, 9.17) is 4.42 Å². The summed E-state index contributed by atoms with van der Waals surface area (Å²) in [6.45, 7) is 4.42. The van der Waals surface area contributed by atoms with Gasteiger partial charge in [0.2, 0.25) is 0 Å². The van der Waals surface area contributed by atoms with Gasteiger partial charge in [0.25, 0.3) is 5.91 Å². The van der Waals surface area contributed by atoms with Crippen LogP contribution in [-0.4, -0.2) is 5.91 Å². The molecule has 4 heteroatoms. The van der Waals surface area contributed by atoms with Crippen LogP contribution in [0.1, 0.15) is 47.3 Å². The zero-order valence-electron chi connectivity index (χ0n) is 11.1. The van der Waals surface area contributed by atoms with E-state index in [2.05, 4.69) is 19.2 Å². The summed E-state index contributed by atoms with van der Waals surface area (Å²) < 4.78 is 5.55. The summed E-state index contributed by atoms with van der Waals surface area (Å²) in [6.07, 6.45) is 3.59. The van der Waals surface area contributed by atoms with Crippen molar-refractivity contribution in [3.8, 4) is 0 Å². The Kier molecular flexibility index (Phi) is 2.97. The van der Waals surface area contributed by atoms with E-state index in [9.17, 15) is 4.79 Å². The van der Waals surface area contributed by atoms with Crippen LogP contribution in [0, 0.1) is 5.41 Å². The standard InChI is InChI=1S/C15H17NO2S/c1-15(2)8-11(10-5-6-18-12(10)9-15)16-14(17)13-4-3-7-19-13/h3-7,11H,8-9H2,1-2H3,(H,16,17)/t11-/m1/s1. The van der Waals surface area contributed by atoms with Crippen LogP contribution in [0.25, 0.3) is 0 Å². The summed E-state index contributed by atoms with van der Waals surface area (Å²) in [5.41, 5.74) is 1.28. The number of fused-ring (bicyclic) bond motifs is 1. The molecule has 3 rings (SSSR count). The number of hydrogen-bond acceptors (Lipinski definition) is 3. The van der Waals surface area contributed by atoms with Gasteiger partial charge in [0, 0.05) is 12.0 Å². The number of hydrogen-bond donors (Lipinski definition) is 1. The van der Waals surface area contributed by atoms with E-state index >= 15 is 0 Å². The van der Waals surface area contributed by atoms with Crippen LogP contribution in [-0.2, 0) is 6.42 Å². The van der Waals surface area contributed by atoms with Crippen molar-refractivity contribution in [3.05, 3.63) is 46.0 Å². The lowest BCUT2D eigenvalue weighted by Crippen LogP contribution is -2.35. The van der Waals surface area contributed by atoms with Gasteiger partial charge in [0.05, 0.1) is 17.2 Å². The van der Waals surface area contributed by atoms with Crippen LogP contribution in [0.4, 0.5) is 0 Å². The van der Waals surface area contributed by atoms with Gasteiger partial charge in [-0.1, -0.05) is 19.9 Å². The van der Waals surface area contributed by atoms with Crippen molar-refractivity contribution in [1.82, 2.24) is 5.32 Å². The Balaban J connectivity index is 1.84. The van der Waals surface area contributed by atoms with E-state index in [1.807, 2.05) is 23.6 Å². The molecule has 1 aliphatic carbocycles. The molecule has 1 amide bonds. The van der Waals surface area contributed by atoms with E-state index in [0.29, 0.717) is 0 Å². The number of nitrogens with one attached hydrogen (secondary N) is 1. The minimum atomic E-state index is 0.00449. The predicted octanol–water partition coefficient (Wildman–Crippen LogP) is 3.78. The van der Waals surface area contributed by atoms with Crippen LogP contribution < -0.4 is 5.32 Å². The number of furan rings is 1. The van der Waals surface area contributed by atoms with Gasteiger partial charge in [0.1, 0.15) is 5.76 Å². The minimum Gasteiger partial charge on any atom is -0.469 e. The molecule has 2 aromatic heterocycles. The van der Waals surface area contributed by atoms with Crippen molar-refractivity contribution in [2.45, 2.75) is 32.7 Å². The Hall–Kier alpha value is -1.55. The van der Waals surface area contributed by atoms with Crippen LogP contribution in [0.5, 0.6) is 0 Å².